The third-order valence-corrected chi connectivity index (χ3v) is 11.8. The summed E-state index contributed by atoms with van der Waals surface area (Å²) in [7, 11) is 0. The first-order chi connectivity index (χ1) is 25.2. The average molecular weight is 672 g/mol. The van der Waals surface area contributed by atoms with Crippen LogP contribution in [0, 0.1) is 13.8 Å². The van der Waals surface area contributed by atoms with Gasteiger partial charge in [-0.2, -0.15) is 0 Å². The van der Waals surface area contributed by atoms with Gasteiger partial charge < -0.3 is 4.42 Å². The zero-order valence-corrected chi connectivity index (χ0v) is 28.8. The van der Waals surface area contributed by atoms with Crippen molar-refractivity contribution in [3.63, 3.8) is 0 Å². The van der Waals surface area contributed by atoms with Crippen molar-refractivity contribution in [2.45, 2.75) is 13.8 Å². The fourth-order valence-electron chi connectivity index (χ4n) is 8.28. The SMILES string of the molecule is Cc1ccccc1-c1c(C)c2ccccc2c2c3ccccc3n(-c3nc(-c4cccc5c4sc4ccccc45)c4oc5ccccc5c4n3)c12. The molecule has 4 heterocycles. The first-order valence-electron chi connectivity index (χ1n) is 17.3. The van der Waals surface area contributed by atoms with E-state index < -0.39 is 0 Å². The van der Waals surface area contributed by atoms with E-state index in [1.165, 1.54) is 64.0 Å². The summed E-state index contributed by atoms with van der Waals surface area (Å²) in [4.78, 5) is 11.0. The van der Waals surface area contributed by atoms with Crippen molar-refractivity contribution in [1.82, 2.24) is 14.5 Å². The van der Waals surface area contributed by atoms with Gasteiger partial charge in [0.2, 0.25) is 5.95 Å². The molecule has 0 unspecified atom stereocenters. The average Bonchev–Trinajstić information content (AvgIpc) is 3.85. The molecule has 0 fully saturated rings. The molecule has 0 radical (unpaired) electrons. The Morgan fingerprint density at radius 3 is 2.10 bits per heavy atom. The van der Waals surface area contributed by atoms with Crippen molar-refractivity contribution < 1.29 is 4.42 Å². The maximum Gasteiger partial charge on any atom is 0.236 e. The molecule has 0 bridgehead atoms. The van der Waals surface area contributed by atoms with E-state index in [4.69, 9.17) is 14.4 Å². The lowest BCUT2D eigenvalue weighted by Crippen LogP contribution is -2.04. The Morgan fingerprint density at radius 1 is 0.569 bits per heavy atom. The number of furan rings is 1. The van der Waals surface area contributed by atoms with Crippen LogP contribution in [0.25, 0.3) is 103 Å². The van der Waals surface area contributed by atoms with E-state index in [0.29, 0.717) is 11.5 Å². The molecule has 0 saturated carbocycles. The Morgan fingerprint density at radius 2 is 1.24 bits per heavy atom. The molecule has 51 heavy (non-hydrogen) atoms. The highest BCUT2D eigenvalue weighted by molar-refractivity contribution is 7.26. The van der Waals surface area contributed by atoms with Crippen LogP contribution in [0.5, 0.6) is 0 Å². The van der Waals surface area contributed by atoms with Crippen molar-refractivity contribution in [2.24, 2.45) is 0 Å². The largest absolute Gasteiger partial charge is 0.452 e. The van der Waals surface area contributed by atoms with Crippen LogP contribution in [0.3, 0.4) is 0 Å². The van der Waals surface area contributed by atoms with Gasteiger partial charge in [-0.3, -0.25) is 4.57 Å². The van der Waals surface area contributed by atoms with E-state index >= 15 is 0 Å². The van der Waals surface area contributed by atoms with Crippen molar-refractivity contribution >= 4 is 86.2 Å². The van der Waals surface area contributed by atoms with E-state index in [1.54, 1.807) is 11.3 Å². The highest BCUT2D eigenvalue weighted by Crippen LogP contribution is 2.47. The minimum atomic E-state index is 0.623. The summed E-state index contributed by atoms with van der Waals surface area (Å²) in [5.41, 5.74) is 11.2. The molecule has 240 valence electrons. The van der Waals surface area contributed by atoms with Gasteiger partial charge in [-0.1, -0.05) is 115 Å². The van der Waals surface area contributed by atoms with Gasteiger partial charge in [0.15, 0.2) is 5.58 Å². The van der Waals surface area contributed by atoms with Gasteiger partial charge in [0, 0.05) is 47.5 Å². The summed E-state index contributed by atoms with van der Waals surface area (Å²) in [5, 5.41) is 8.30. The number of nitrogens with zero attached hydrogens (tertiary/aromatic N) is 3. The molecule has 11 rings (SSSR count). The van der Waals surface area contributed by atoms with E-state index in [2.05, 4.69) is 146 Å². The van der Waals surface area contributed by atoms with Gasteiger partial charge >= 0.3 is 0 Å². The lowest BCUT2D eigenvalue weighted by atomic mass is 9.89. The summed E-state index contributed by atoms with van der Waals surface area (Å²) < 4.78 is 11.4. The van der Waals surface area contributed by atoms with Crippen LogP contribution in [0.4, 0.5) is 0 Å². The minimum absolute atomic E-state index is 0.623. The molecule has 4 nitrogen and oxygen atoms in total. The summed E-state index contributed by atoms with van der Waals surface area (Å²) in [6.07, 6.45) is 0. The fraction of sp³-hybridized carbons (Fsp3) is 0.0435. The van der Waals surface area contributed by atoms with E-state index in [9.17, 15) is 0 Å². The molecule has 4 aromatic heterocycles. The molecule has 11 aromatic rings. The number of aryl methyl sites for hydroxylation is 2. The number of benzene rings is 7. The Hall–Kier alpha value is -6.30. The van der Waals surface area contributed by atoms with Crippen LogP contribution in [0.15, 0.2) is 144 Å². The number of rotatable bonds is 3. The molecule has 0 amide bonds. The molecule has 0 N–H and O–H groups in total. The van der Waals surface area contributed by atoms with E-state index in [0.717, 1.165) is 38.8 Å². The summed E-state index contributed by atoms with van der Waals surface area (Å²) in [6.45, 7) is 4.46. The van der Waals surface area contributed by atoms with Crippen LogP contribution in [0.1, 0.15) is 11.1 Å². The number of para-hydroxylation sites is 2. The number of aromatic nitrogens is 3. The molecular weight excluding hydrogens is 643 g/mol. The molecule has 0 aliphatic rings. The first-order valence-corrected chi connectivity index (χ1v) is 18.1. The Bertz CT molecular complexity index is 3230. The predicted molar refractivity (Wildman–Crippen MR) is 214 cm³/mol. The second-order valence-electron chi connectivity index (χ2n) is 13.4. The Labute approximate surface area is 296 Å². The van der Waals surface area contributed by atoms with Gasteiger partial charge in [0.25, 0.3) is 0 Å². The lowest BCUT2D eigenvalue weighted by Gasteiger charge is -2.17. The zero-order valence-electron chi connectivity index (χ0n) is 27.9. The third-order valence-electron chi connectivity index (χ3n) is 10.6. The molecule has 0 saturated heterocycles. The smallest absolute Gasteiger partial charge is 0.236 e. The first kappa shape index (κ1) is 28.5. The molecule has 0 aliphatic heterocycles. The highest BCUT2D eigenvalue weighted by Gasteiger charge is 2.26. The van der Waals surface area contributed by atoms with Gasteiger partial charge in [-0.25, -0.2) is 9.97 Å². The van der Waals surface area contributed by atoms with Gasteiger partial charge in [-0.05, 0) is 65.6 Å². The predicted octanol–water partition coefficient (Wildman–Crippen LogP) is 12.9. The highest BCUT2D eigenvalue weighted by atomic mass is 32.1. The molecule has 0 aliphatic carbocycles. The minimum Gasteiger partial charge on any atom is -0.452 e. The van der Waals surface area contributed by atoms with Crippen molar-refractivity contribution in [3.8, 4) is 28.3 Å². The molecule has 0 atom stereocenters. The van der Waals surface area contributed by atoms with E-state index in [1.807, 2.05) is 12.1 Å². The number of fused-ring (bicyclic) bond motifs is 11. The Kier molecular flexibility index (Phi) is 5.93. The molecule has 7 aromatic carbocycles. The summed E-state index contributed by atoms with van der Waals surface area (Å²) in [6, 6.07) is 49.5. The van der Waals surface area contributed by atoms with Crippen molar-refractivity contribution in [3.05, 3.63) is 151 Å². The molecule has 0 spiro atoms. The maximum absolute atomic E-state index is 6.66. The van der Waals surface area contributed by atoms with Gasteiger partial charge in [-0.15, -0.1) is 11.3 Å². The van der Waals surface area contributed by atoms with Crippen LogP contribution in [-0.2, 0) is 0 Å². The molecular formula is C46H29N3OS. The van der Waals surface area contributed by atoms with Crippen LogP contribution in [0.2, 0.25) is 0 Å². The quantitative estimate of drug-likeness (QED) is 0.188. The third kappa shape index (κ3) is 3.95. The monoisotopic (exact) mass is 671 g/mol. The van der Waals surface area contributed by atoms with Gasteiger partial charge in [0.1, 0.15) is 16.8 Å². The fourth-order valence-corrected chi connectivity index (χ4v) is 9.49. The normalized spacial score (nSPS) is 12.1. The number of hydrogen-bond acceptors (Lipinski definition) is 4. The standard InChI is InChI=1S/C46H29N3OS/c1-26-14-3-4-15-28(26)39-27(2)29-16-5-6-18-31(29)40-33-19-7-10-23-36(33)49(43(39)40)46-47-41-34-20-8-11-24-37(34)50-44(41)42(48-46)35-22-13-21-32-30-17-9-12-25-38(30)51-45(32)35/h3-25H,1-2H3. The lowest BCUT2D eigenvalue weighted by molar-refractivity contribution is 0.666. The number of hydrogen-bond donors (Lipinski definition) is 0. The van der Waals surface area contributed by atoms with Crippen LogP contribution in [-0.4, -0.2) is 14.5 Å². The number of thiophene rings is 1. The van der Waals surface area contributed by atoms with Gasteiger partial charge in [0.05, 0.1) is 11.0 Å². The second kappa shape index (κ2) is 10.6. The Balaban J connectivity index is 1.35. The van der Waals surface area contributed by atoms with Crippen LogP contribution >= 0.6 is 11.3 Å². The van der Waals surface area contributed by atoms with Crippen LogP contribution < -0.4 is 0 Å². The molecule has 5 heteroatoms. The zero-order chi connectivity index (χ0) is 33.8. The van der Waals surface area contributed by atoms with Crippen molar-refractivity contribution in [1.29, 1.82) is 0 Å². The summed E-state index contributed by atoms with van der Waals surface area (Å²) in [5.74, 6) is 0.623. The summed E-state index contributed by atoms with van der Waals surface area (Å²) >= 11 is 1.80. The van der Waals surface area contributed by atoms with E-state index in [-0.39, 0.29) is 0 Å². The van der Waals surface area contributed by atoms with Crippen molar-refractivity contribution in [2.75, 3.05) is 0 Å². The maximum atomic E-state index is 6.66. The second-order valence-corrected chi connectivity index (χ2v) is 14.4. The topological polar surface area (TPSA) is 43.9 Å².